The first-order valence-electron chi connectivity index (χ1n) is 6.91. The Labute approximate surface area is 144 Å². The maximum Gasteiger partial charge on any atom is 0.337 e. The lowest BCUT2D eigenvalue weighted by molar-refractivity contribution is -0.115. The zero-order chi connectivity index (χ0) is 16.8. The van der Waals surface area contributed by atoms with Crippen molar-refractivity contribution in [3.8, 4) is 0 Å². The van der Waals surface area contributed by atoms with E-state index in [2.05, 4.69) is 10.1 Å². The summed E-state index contributed by atoms with van der Waals surface area (Å²) >= 11 is 7.29. The minimum absolute atomic E-state index is 0.115. The standard InChI is InChI=1S/C17H16ClNO3S/c1-11(23-15-9-5-13(18)6-10-15)16(20)19-14-7-3-12(4-8-14)17(21)22-2/h3-11H,1-2H3,(H,19,20)/t11-/m1/s1. The summed E-state index contributed by atoms with van der Waals surface area (Å²) in [5.74, 6) is -0.523. The van der Waals surface area contributed by atoms with E-state index in [1.54, 1.807) is 36.4 Å². The summed E-state index contributed by atoms with van der Waals surface area (Å²) in [5.41, 5.74) is 1.07. The van der Waals surface area contributed by atoms with Crippen LogP contribution >= 0.6 is 23.4 Å². The summed E-state index contributed by atoms with van der Waals surface area (Å²) < 4.78 is 4.63. The number of esters is 1. The first-order chi connectivity index (χ1) is 11.0. The van der Waals surface area contributed by atoms with Crippen LogP contribution < -0.4 is 5.32 Å². The number of benzene rings is 2. The van der Waals surface area contributed by atoms with Crippen LogP contribution in [0.3, 0.4) is 0 Å². The molecule has 0 radical (unpaired) electrons. The zero-order valence-corrected chi connectivity index (χ0v) is 14.3. The van der Waals surface area contributed by atoms with Gasteiger partial charge in [0.05, 0.1) is 17.9 Å². The van der Waals surface area contributed by atoms with Gasteiger partial charge >= 0.3 is 5.97 Å². The topological polar surface area (TPSA) is 55.4 Å². The van der Waals surface area contributed by atoms with Crippen LogP contribution in [0.15, 0.2) is 53.4 Å². The maximum atomic E-state index is 12.2. The monoisotopic (exact) mass is 349 g/mol. The van der Waals surface area contributed by atoms with E-state index in [0.717, 1.165) is 4.90 Å². The van der Waals surface area contributed by atoms with Crippen LogP contribution in [-0.2, 0) is 9.53 Å². The highest BCUT2D eigenvalue weighted by Gasteiger charge is 2.15. The fourth-order valence-electron chi connectivity index (χ4n) is 1.82. The summed E-state index contributed by atoms with van der Waals surface area (Å²) in [4.78, 5) is 24.5. The van der Waals surface area contributed by atoms with E-state index in [1.807, 2.05) is 19.1 Å². The first kappa shape index (κ1) is 17.4. The lowest BCUT2D eigenvalue weighted by Crippen LogP contribution is -2.22. The molecule has 0 aliphatic heterocycles. The molecule has 0 saturated heterocycles. The van der Waals surface area contributed by atoms with Crippen LogP contribution in [0, 0.1) is 0 Å². The zero-order valence-electron chi connectivity index (χ0n) is 12.7. The second-order valence-corrected chi connectivity index (χ2v) is 6.62. The lowest BCUT2D eigenvalue weighted by Gasteiger charge is -2.12. The molecule has 4 nitrogen and oxygen atoms in total. The molecule has 23 heavy (non-hydrogen) atoms. The Bertz CT molecular complexity index is 686. The largest absolute Gasteiger partial charge is 0.465 e. The Morgan fingerprint density at radius 1 is 1.09 bits per heavy atom. The van der Waals surface area contributed by atoms with Gasteiger partial charge in [-0.2, -0.15) is 0 Å². The Kier molecular flexibility index (Phi) is 6.07. The van der Waals surface area contributed by atoms with E-state index < -0.39 is 5.97 Å². The van der Waals surface area contributed by atoms with Crippen molar-refractivity contribution < 1.29 is 14.3 Å². The Balaban J connectivity index is 1.95. The molecule has 1 N–H and O–H groups in total. The van der Waals surface area contributed by atoms with E-state index in [4.69, 9.17) is 11.6 Å². The molecule has 0 unspecified atom stereocenters. The maximum absolute atomic E-state index is 12.2. The minimum Gasteiger partial charge on any atom is -0.465 e. The number of anilines is 1. The highest BCUT2D eigenvalue weighted by molar-refractivity contribution is 8.00. The van der Waals surface area contributed by atoms with E-state index in [0.29, 0.717) is 16.3 Å². The van der Waals surface area contributed by atoms with Crippen LogP contribution in [0.2, 0.25) is 5.02 Å². The number of carbonyl (C=O) groups is 2. The predicted molar refractivity (Wildman–Crippen MR) is 93.2 cm³/mol. The molecule has 120 valence electrons. The molecule has 0 saturated carbocycles. The van der Waals surface area contributed by atoms with Crippen molar-refractivity contribution in [2.75, 3.05) is 12.4 Å². The molecular weight excluding hydrogens is 334 g/mol. The molecule has 2 rings (SSSR count). The molecule has 2 aromatic carbocycles. The quantitative estimate of drug-likeness (QED) is 0.647. The molecule has 0 aliphatic rings. The summed E-state index contributed by atoms with van der Waals surface area (Å²) in [6, 6.07) is 13.9. The van der Waals surface area contributed by atoms with Crippen molar-refractivity contribution in [3.63, 3.8) is 0 Å². The number of methoxy groups -OCH3 is 1. The third kappa shape index (κ3) is 5.01. The van der Waals surface area contributed by atoms with Gasteiger partial charge < -0.3 is 10.1 Å². The van der Waals surface area contributed by atoms with Gasteiger partial charge in [-0.3, -0.25) is 4.79 Å². The predicted octanol–water partition coefficient (Wildman–Crippen LogP) is 4.25. The molecule has 6 heteroatoms. The van der Waals surface area contributed by atoms with Crippen molar-refractivity contribution in [2.24, 2.45) is 0 Å². The van der Waals surface area contributed by atoms with E-state index in [9.17, 15) is 9.59 Å². The van der Waals surface area contributed by atoms with Crippen molar-refractivity contribution in [3.05, 3.63) is 59.1 Å². The highest BCUT2D eigenvalue weighted by Crippen LogP contribution is 2.25. The molecule has 2 aromatic rings. The smallest absolute Gasteiger partial charge is 0.337 e. The first-order valence-corrected chi connectivity index (χ1v) is 8.17. The van der Waals surface area contributed by atoms with Crippen LogP contribution in [0.1, 0.15) is 17.3 Å². The molecule has 0 bridgehead atoms. The average Bonchev–Trinajstić information content (AvgIpc) is 2.56. The summed E-state index contributed by atoms with van der Waals surface area (Å²) in [5, 5.41) is 3.22. The molecule has 0 aliphatic carbocycles. The number of ether oxygens (including phenoxy) is 1. The van der Waals surface area contributed by atoms with Gasteiger partial charge in [0.1, 0.15) is 0 Å². The van der Waals surface area contributed by atoms with Crippen molar-refractivity contribution in [1.82, 2.24) is 0 Å². The minimum atomic E-state index is -0.408. The number of hydrogen-bond acceptors (Lipinski definition) is 4. The van der Waals surface area contributed by atoms with Crippen LogP contribution in [0.5, 0.6) is 0 Å². The second-order valence-electron chi connectivity index (χ2n) is 4.77. The molecule has 0 heterocycles. The van der Waals surface area contributed by atoms with Gasteiger partial charge in [-0.25, -0.2) is 4.79 Å². The number of carbonyl (C=O) groups excluding carboxylic acids is 2. The van der Waals surface area contributed by atoms with Crippen LogP contribution in [0.25, 0.3) is 0 Å². The SMILES string of the molecule is COC(=O)c1ccc(NC(=O)[C@@H](C)Sc2ccc(Cl)cc2)cc1. The second kappa shape index (κ2) is 8.04. The van der Waals surface area contributed by atoms with Gasteiger partial charge in [0.15, 0.2) is 0 Å². The Hall–Kier alpha value is -1.98. The number of hydrogen-bond donors (Lipinski definition) is 1. The number of amides is 1. The lowest BCUT2D eigenvalue weighted by atomic mass is 10.2. The normalized spacial score (nSPS) is 11.6. The number of nitrogens with one attached hydrogen (secondary N) is 1. The van der Waals surface area contributed by atoms with Gasteiger partial charge in [0.25, 0.3) is 0 Å². The van der Waals surface area contributed by atoms with Crippen molar-refractivity contribution in [1.29, 1.82) is 0 Å². The van der Waals surface area contributed by atoms with E-state index >= 15 is 0 Å². The Morgan fingerprint density at radius 2 is 1.70 bits per heavy atom. The number of thioether (sulfide) groups is 1. The summed E-state index contributed by atoms with van der Waals surface area (Å²) in [6.45, 7) is 1.83. The molecule has 0 aromatic heterocycles. The molecule has 0 fully saturated rings. The van der Waals surface area contributed by atoms with E-state index in [1.165, 1.54) is 18.9 Å². The highest BCUT2D eigenvalue weighted by atomic mass is 35.5. The third-order valence-corrected chi connectivity index (χ3v) is 4.43. The van der Waals surface area contributed by atoms with Gasteiger partial charge in [-0.05, 0) is 55.5 Å². The van der Waals surface area contributed by atoms with Crippen molar-refractivity contribution in [2.45, 2.75) is 17.1 Å². The van der Waals surface area contributed by atoms with Gasteiger partial charge in [0.2, 0.25) is 5.91 Å². The summed E-state index contributed by atoms with van der Waals surface area (Å²) in [7, 11) is 1.33. The van der Waals surface area contributed by atoms with Gasteiger partial charge in [-0.15, -0.1) is 11.8 Å². The molecule has 1 amide bonds. The number of rotatable bonds is 5. The van der Waals surface area contributed by atoms with Crippen LogP contribution in [-0.4, -0.2) is 24.2 Å². The van der Waals surface area contributed by atoms with Crippen molar-refractivity contribution >= 4 is 40.9 Å². The fourth-order valence-corrected chi connectivity index (χ4v) is 2.82. The Morgan fingerprint density at radius 3 is 2.26 bits per heavy atom. The number of halogens is 1. The molecule has 1 atom stereocenters. The van der Waals surface area contributed by atoms with Gasteiger partial charge in [-0.1, -0.05) is 11.6 Å². The van der Waals surface area contributed by atoms with E-state index in [-0.39, 0.29) is 11.2 Å². The molecular formula is C17H16ClNO3S. The third-order valence-electron chi connectivity index (χ3n) is 3.07. The van der Waals surface area contributed by atoms with Gasteiger partial charge in [0, 0.05) is 15.6 Å². The summed E-state index contributed by atoms with van der Waals surface area (Å²) in [6.07, 6.45) is 0. The fraction of sp³-hybridized carbons (Fsp3) is 0.176. The molecule has 0 spiro atoms. The van der Waals surface area contributed by atoms with Crippen LogP contribution in [0.4, 0.5) is 5.69 Å². The average molecular weight is 350 g/mol.